The number of hydrogen-bond acceptors (Lipinski definition) is 3. The minimum Gasteiger partial charge on any atom is -0.376 e. The molecule has 1 amide bonds. The van der Waals surface area contributed by atoms with E-state index < -0.39 is 0 Å². The fourth-order valence-electron chi connectivity index (χ4n) is 2.55. The van der Waals surface area contributed by atoms with Gasteiger partial charge in [0.15, 0.2) is 0 Å². The van der Waals surface area contributed by atoms with Crippen LogP contribution in [0.3, 0.4) is 0 Å². The van der Waals surface area contributed by atoms with Crippen molar-refractivity contribution >= 4 is 5.91 Å². The molecule has 0 aromatic carbocycles. The van der Waals surface area contributed by atoms with Crippen molar-refractivity contribution in [3.05, 3.63) is 18.0 Å². The second-order valence-corrected chi connectivity index (χ2v) is 5.33. The summed E-state index contributed by atoms with van der Waals surface area (Å²) in [5, 5.41) is 6.82. The summed E-state index contributed by atoms with van der Waals surface area (Å²) in [7, 11) is 1.80. The number of nitrogens with one attached hydrogen (secondary N) is 1. The van der Waals surface area contributed by atoms with E-state index in [0.29, 0.717) is 30.7 Å². The van der Waals surface area contributed by atoms with Crippen molar-refractivity contribution < 1.29 is 9.53 Å². The third kappa shape index (κ3) is 4.06. The zero-order valence-electron chi connectivity index (χ0n) is 11.8. The van der Waals surface area contributed by atoms with Crippen molar-refractivity contribution in [2.45, 2.75) is 38.7 Å². The normalized spacial score (nSPS) is 23.3. The molecular formula is C14H23N3O2. The molecule has 0 bridgehead atoms. The second-order valence-electron chi connectivity index (χ2n) is 5.33. The first-order chi connectivity index (χ1) is 9.16. The van der Waals surface area contributed by atoms with E-state index in [4.69, 9.17) is 4.74 Å². The molecule has 2 atom stereocenters. The number of carbonyl (C=O) groups is 1. The number of carbonyl (C=O) groups excluding carboxylic acids is 1. The summed E-state index contributed by atoms with van der Waals surface area (Å²) in [6.07, 6.45) is 8.63. The highest BCUT2D eigenvalue weighted by molar-refractivity contribution is 5.93. The molecule has 1 heterocycles. The van der Waals surface area contributed by atoms with Gasteiger partial charge < -0.3 is 10.1 Å². The first-order valence-electron chi connectivity index (χ1n) is 7.05. The van der Waals surface area contributed by atoms with Gasteiger partial charge in [-0.1, -0.05) is 19.8 Å². The molecular weight excluding hydrogens is 242 g/mol. The lowest BCUT2D eigenvalue weighted by Gasteiger charge is -2.28. The minimum atomic E-state index is -0.0895. The maximum atomic E-state index is 11.8. The van der Waals surface area contributed by atoms with Crippen molar-refractivity contribution in [3.63, 3.8) is 0 Å². The van der Waals surface area contributed by atoms with E-state index in [0.717, 1.165) is 6.42 Å². The van der Waals surface area contributed by atoms with Crippen LogP contribution < -0.4 is 5.32 Å². The molecule has 5 heteroatoms. The molecule has 1 aliphatic carbocycles. The summed E-state index contributed by atoms with van der Waals surface area (Å²) in [4.78, 5) is 11.8. The summed E-state index contributed by atoms with van der Waals surface area (Å²) in [6, 6.07) is 0. The van der Waals surface area contributed by atoms with Gasteiger partial charge in [0.1, 0.15) is 0 Å². The lowest BCUT2D eigenvalue weighted by molar-refractivity contribution is -0.00293. The van der Waals surface area contributed by atoms with Crippen LogP contribution >= 0.6 is 0 Å². The molecule has 1 fully saturated rings. The third-order valence-electron chi connectivity index (χ3n) is 3.72. The molecule has 1 saturated carbocycles. The molecule has 1 N–H and O–H groups in total. The van der Waals surface area contributed by atoms with Gasteiger partial charge in [0, 0.05) is 19.8 Å². The zero-order valence-corrected chi connectivity index (χ0v) is 11.8. The summed E-state index contributed by atoms with van der Waals surface area (Å²) in [5.74, 6) is 0.552. The number of hydrogen-bond donors (Lipinski definition) is 1. The maximum absolute atomic E-state index is 11.8. The Morgan fingerprint density at radius 2 is 2.32 bits per heavy atom. The lowest BCUT2D eigenvalue weighted by Crippen LogP contribution is -2.31. The van der Waals surface area contributed by atoms with E-state index in [1.807, 2.05) is 0 Å². The molecule has 2 unspecified atom stereocenters. The van der Waals surface area contributed by atoms with E-state index >= 15 is 0 Å². The summed E-state index contributed by atoms with van der Waals surface area (Å²) in [6.45, 7) is 3.38. The number of nitrogens with zero attached hydrogens (tertiary/aromatic N) is 2. The summed E-state index contributed by atoms with van der Waals surface area (Å²) in [5.41, 5.74) is 0.591. The van der Waals surface area contributed by atoms with Crippen LogP contribution in [0.5, 0.6) is 0 Å². The van der Waals surface area contributed by atoms with Crippen LogP contribution in [-0.4, -0.2) is 34.9 Å². The smallest absolute Gasteiger partial charge is 0.254 e. The highest BCUT2D eigenvalue weighted by Gasteiger charge is 2.21. The average molecular weight is 265 g/mol. The Morgan fingerprint density at radius 3 is 3.00 bits per heavy atom. The van der Waals surface area contributed by atoms with E-state index in [1.165, 1.54) is 19.3 Å². The summed E-state index contributed by atoms with van der Waals surface area (Å²) >= 11 is 0. The fourth-order valence-corrected chi connectivity index (χ4v) is 2.55. The highest BCUT2D eigenvalue weighted by Crippen LogP contribution is 2.25. The Labute approximate surface area is 114 Å². The molecule has 19 heavy (non-hydrogen) atoms. The molecule has 1 aliphatic rings. The van der Waals surface area contributed by atoms with Gasteiger partial charge in [0.25, 0.3) is 5.91 Å². The molecule has 0 radical (unpaired) electrons. The van der Waals surface area contributed by atoms with Crippen molar-refractivity contribution in [1.29, 1.82) is 0 Å². The van der Waals surface area contributed by atoms with Gasteiger partial charge in [0.05, 0.1) is 24.5 Å². The first kappa shape index (κ1) is 14.1. The van der Waals surface area contributed by atoms with Gasteiger partial charge in [-0.2, -0.15) is 5.10 Å². The number of rotatable bonds is 5. The van der Waals surface area contributed by atoms with Crippen LogP contribution in [0.4, 0.5) is 0 Å². The Bertz CT molecular complexity index is 417. The fraction of sp³-hybridized carbons (Fsp3) is 0.714. The SMILES string of the molecule is CC1CCCCC1OCCNC(=O)c1cnn(C)c1. The van der Waals surface area contributed by atoms with Crippen LogP contribution in [0.1, 0.15) is 43.0 Å². The predicted molar refractivity (Wildman–Crippen MR) is 72.9 cm³/mol. The Balaban J connectivity index is 1.65. The van der Waals surface area contributed by atoms with Crippen molar-refractivity contribution in [2.75, 3.05) is 13.2 Å². The lowest BCUT2D eigenvalue weighted by atomic mass is 9.88. The Kier molecular flexibility index (Phi) is 4.96. The Morgan fingerprint density at radius 1 is 1.53 bits per heavy atom. The van der Waals surface area contributed by atoms with Crippen LogP contribution in [0.2, 0.25) is 0 Å². The van der Waals surface area contributed by atoms with E-state index in [9.17, 15) is 4.79 Å². The van der Waals surface area contributed by atoms with E-state index in [1.54, 1.807) is 24.1 Å². The van der Waals surface area contributed by atoms with Gasteiger partial charge in [0.2, 0.25) is 0 Å². The van der Waals surface area contributed by atoms with Crippen LogP contribution in [0, 0.1) is 5.92 Å². The van der Waals surface area contributed by atoms with Crippen molar-refractivity contribution in [2.24, 2.45) is 13.0 Å². The van der Waals surface area contributed by atoms with Gasteiger partial charge in [-0.15, -0.1) is 0 Å². The zero-order chi connectivity index (χ0) is 13.7. The molecule has 1 aromatic heterocycles. The Hall–Kier alpha value is -1.36. The molecule has 106 valence electrons. The van der Waals surface area contributed by atoms with Crippen molar-refractivity contribution in [3.8, 4) is 0 Å². The van der Waals surface area contributed by atoms with Gasteiger partial charge in [-0.3, -0.25) is 9.48 Å². The van der Waals surface area contributed by atoms with Gasteiger partial charge in [-0.25, -0.2) is 0 Å². The van der Waals surface area contributed by atoms with Crippen molar-refractivity contribution in [1.82, 2.24) is 15.1 Å². The number of ether oxygens (including phenoxy) is 1. The quantitative estimate of drug-likeness (QED) is 0.825. The van der Waals surface area contributed by atoms with Gasteiger partial charge >= 0.3 is 0 Å². The topological polar surface area (TPSA) is 56.1 Å². The first-order valence-corrected chi connectivity index (χ1v) is 7.05. The summed E-state index contributed by atoms with van der Waals surface area (Å²) < 4.78 is 7.47. The number of aromatic nitrogens is 2. The second kappa shape index (κ2) is 6.70. The molecule has 5 nitrogen and oxygen atoms in total. The third-order valence-corrected chi connectivity index (χ3v) is 3.72. The molecule has 2 rings (SSSR count). The molecule has 0 aliphatic heterocycles. The van der Waals surface area contributed by atoms with Gasteiger partial charge in [-0.05, 0) is 18.8 Å². The average Bonchev–Trinajstić information content (AvgIpc) is 2.83. The molecule has 0 spiro atoms. The van der Waals surface area contributed by atoms with Crippen LogP contribution in [0.25, 0.3) is 0 Å². The monoisotopic (exact) mass is 265 g/mol. The number of aryl methyl sites for hydroxylation is 1. The van der Waals surface area contributed by atoms with E-state index in [-0.39, 0.29) is 5.91 Å². The maximum Gasteiger partial charge on any atom is 0.254 e. The van der Waals surface area contributed by atoms with E-state index in [2.05, 4.69) is 17.3 Å². The molecule has 1 aromatic rings. The minimum absolute atomic E-state index is 0.0895. The largest absolute Gasteiger partial charge is 0.376 e. The predicted octanol–water partition coefficient (Wildman–Crippen LogP) is 1.75. The van der Waals surface area contributed by atoms with Crippen LogP contribution in [0.15, 0.2) is 12.4 Å². The highest BCUT2D eigenvalue weighted by atomic mass is 16.5. The molecule has 0 saturated heterocycles. The number of amides is 1. The van der Waals surface area contributed by atoms with Crippen LogP contribution in [-0.2, 0) is 11.8 Å². The standard InChI is InChI=1S/C14H23N3O2/c1-11-5-3-4-6-13(11)19-8-7-15-14(18)12-9-16-17(2)10-12/h9-11,13H,3-8H2,1-2H3,(H,15,18).